The predicted octanol–water partition coefficient (Wildman–Crippen LogP) is 2.40. The zero-order chi connectivity index (χ0) is 12.9. The van der Waals surface area contributed by atoms with E-state index in [4.69, 9.17) is 0 Å². The van der Waals surface area contributed by atoms with E-state index in [2.05, 4.69) is 5.32 Å². The highest BCUT2D eigenvalue weighted by molar-refractivity contribution is 5.95. The van der Waals surface area contributed by atoms with Crippen LogP contribution < -0.4 is 5.32 Å². The van der Waals surface area contributed by atoms with Gasteiger partial charge in [0.25, 0.3) is 0 Å². The molecule has 3 nitrogen and oxygen atoms in total. The van der Waals surface area contributed by atoms with Crippen LogP contribution >= 0.6 is 0 Å². The molecule has 0 amide bonds. The lowest BCUT2D eigenvalue weighted by molar-refractivity contribution is -0.137. The van der Waals surface area contributed by atoms with Gasteiger partial charge in [0, 0.05) is 17.6 Å². The van der Waals surface area contributed by atoms with Gasteiger partial charge in [0.15, 0.2) is 0 Å². The standard InChI is InChI=1S/C12H9F3N2O/c13-12(14,15)8-1-2-10-7(3-8)4-9-5-16-6-11(18)17(9)10/h1-4,16H,5-6H2. The molecule has 0 fully saturated rings. The maximum Gasteiger partial charge on any atom is 0.416 e. The highest BCUT2D eigenvalue weighted by Crippen LogP contribution is 2.32. The third-order valence-corrected chi connectivity index (χ3v) is 3.04. The fourth-order valence-corrected chi connectivity index (χ4v) is 2.25. The number of alkyl halides is 3. The molecule has 0 aliphatic carbocycles. The molecule has 0 unspecified atom stereocenters. The van der Waals surface area contributed by atoms with Crippen LogP contribution in [0, 0.1) is 0 Å². The molecule has 1 aromatic carbocycles. The summed E-state index contributed by atoms with van der Waals surface area (Å²) in [4.78, 5) is 11.7. The normalized spacial score (nSPS) is 16.1. The van der Waals surface area contributed by atoms with Crippen molar-refractivity contribution in [2.75, 3.05) is 6.54 Å². The van der Waals surface area contributed by atoms with Crippen LogP contribution in [-0.4, -0.2) is 17.0 Å². The molecule has 18 heavy (non-hydrogen) atoms. The first kappa shape index (κ1) is 11.3. The van der Waals surface area contributed by atoms with E-state index in [9.17, 15) is 18.0 Å². The number of aromatic nitrogens is 1. The molecule has 0 spiro atoms. The number of hydrogen-bond donors (Lipinski definition) is 1. The fraction of sp³-hybridized carbons (Fsp3) is 0.250. The van der Waals surface area contributed by atoms with E-state index in [0.29, 0.717) is 23.1 Å². The van der Waals surface area contributed by atoms with Crippen molar-refractivity contribution in [3.8, 4) is 0 Å². The lowest BCUT2D eigenvalue weighted by Gasteiger charge is -2.15. The van der Waals surface area contributed by atoms with Crippen molar-refractivity contribution in [3.05, 3.63) is 35.5 Å². The van der Waals surface area contributed by atoms with E-state index < -0.39 is 11.7 Å². The van der Waals surface area contributed by atoms with Crippen molar-refractivity contribution in [1.82, 2.24) is 9.88 Å². The Morgan fingerprint density at radius 1 is 1.17 bits per heavy atom. The SMILES string of the molecule is O=C1CNCc2cc3cc(C(F)(F)F)ccc3n21. The average molecular weight is 254 g/mol. The fourth-order valence-electron chi connectivity index (χ4n) is 2.25. The van der Waals surface area contributed by atoms with Gasteiger partial charge in [-0.3, -0.25) is 9.36 Å². The zero-order valence-electron chi connectivity index (χ0n) is 9.21. The van der Waals surface area contributed by atoms with Gasteiger partial charge in [-0.1, -0.05) is 0 Å². The number of rotatable bonds is 0. The molecule has 94 valence electrons. The quantitative estimate of drug-likeness (QED) is 0.783. The monoisotopic (exact) mass is 254 g/mol. The smallest absolute Gasteiger partial charge is 0.303 e. The molecule has 1 aliphatic heterocycles. The first-order chi connectivity index (χ1) is 8.47. The van der Waals surface area contributed by atoms with Crippen LogP contribution in [0.2, 0.25) is 0 Å². The van der Waals surface area contributed by atoms with Crippen molar-refractivity contribution in [2.45, 2.75) is 12.7 Å². The molecule has 0 saturated heterocycles. The first-order valence-electron chi connectivity index (χ1n) is 5.42. The van der Waals surface area contributed by atoms with Gasteiger partial charge in [-0.2, -0.15) is 13.2 Å². The number of hydrogen-bond acceptors (Lipinski definition) is 2. The molecule has 2 aromatic rings. The van der Waals surface area contributed by atoms with E-state index >= 15 is 0 Å². The molecular formula is C12H9F3N2O. The Hall–Kier alpha value is -1.82. The average Bonchev–Trinajstić information content (AvgIpc) is 2.66. The van der Waals surface area contributed by atoms with Gasteiger partial charge in [-0.25, -0.2) is 0 Å². The van der Waals surface area contributed by atoms with Crippen LogP contribution in [-0.2, 0) is 12.7 Å². The van der Waals surface area contributed by atoms with Gasteiger partial charge < -0.3 is 5.32 Å². The molecule has 0 bridgehead atoms. The van der Waals surface area contributed by atoms with Gasteiger partial charge in [0.1, 0.15) is 0 Å². The molecular weight excluding hydrogens is 245 g/mol. The predicted molar refractivity (Wildman–Crippen MR) is 59.3 cm³/mol. The second-order valence-electron chi connectivity index (χ2n) is 4.24. The summed E-state index contributed by atoms with van der Waals surface area (Å²) in [6, 6.07) is 5.05. The van der Waals surface area contributed by atoms with E-state index in [1.54, 1.807) is 6.07 Å². The molecule has 3 rings (SSSR count). The first-order valence-corrected chi connectivity index (χ1v) is 5.42. The Balaban J connectivity index is 2.23. The van der Waals surface area contributed by atoms with Crippen LogP contribution in [0.1, 0.15) is 16.1 Å². The van der Waals surface area contributed by atoms with Crippen molar-refractivity contribution in [2.24, 2.45) is 0 Å². The Kier molecular flexibility index (Phi) is 2.25. The molecule has 0 atom stereocenters. The largest absolute Gasteiger partial charge is 0.416 e. The van der Waals surface area contributed by atoms with Crippen molar-refractivity contribution in [3.63, 3.8) is 0 Å². The number of halogens is 3. The van der Waals surface area contributed by atoms with Crippen LogP contribution in [0.5, 0.6) is 0 Å². The highest BCUT2D eigenvalue weighted by Gasteiger charge is 2.31. The number of benzene rings is 1. The number of carbonyl (C=O) groups is 1. The van der Waals surface area contributed by atoms with E-state index in [0.717, 1.165) is 12.1 Å². The molecule has 1 aromatic heterocycles. The Bertz CT molecular complexity index is 643. The van der Waals surface area contributed by atoms with E-state index in [-0.39, 0.29) is 12.5 Å². The number of carbonyl (C=O) groups excluding carboxylic acids is 1. The van der Waals surface area contributed by atoms with Gasteiger partial charge in [0.2, 0.25) is 5.91 Å². The lowest BCUT2D eigenvalue weighted by atomic mass is 10.1. The third kappa shape index (κ3) is 1.60. The van der Waals surface area contributed by atoms with Gasteiger partial charge in [0.05, 0.1) is 17.6 Å². The minimum absolute atomic E-state index is 0.147. The maximum absolute atomic E-state index is 12.6. The zero-order valence-corrected chi connectivity index (χ0v) is 9.21. The highest BCUT2D eigenvalue weighted by atomic mass is 19.4. The second kappa shape index (κ2) is 3.58. The van der Waals surface area contributed by atoms with Crippen LogP contribution in [0.4, 0.5) is 13.2 Å². The lowest BCUT2D eigenvalue weighted by Crippen LogP contribution is -2.34. The minimum atomic E-state index is -4.36. The molecule has 1 N–H and O–H groups in total. The van der Waals surface area contributed by atoms with Crippen molar-refractivity contribution < 1.29 is 18.0 Å². The minimum Gasteiger partial charge on any atom is -0.303 e. The molecule has 0 radical (unpaired) electrons. The number of fused-ring (bicyclic) bond motifs is 3. The molecule has 0 saturated carbocycles. The summed E-state index contributed by atoms with van der Waals surface area (Å²) in [5.74, 6) is -0.147. The summed E-state index contributed by atoms with van der Waals surface area (Å²) in [5, 5.41) is 3.35. The summed E-state index contributed by atoms with van der Waals surface area (Å²) in [7, 11) is 0. The second-order valence-corrected chi connectivity index (χ2v) is 4.24. The molecule has 1 aliphatic rings. The van der Waals surface area contributed by atoms with Crippen LogP contribution in [0.15, 0.2) is 24.3 Å². The Morgan fingerprint density at radius 3 is 2.67 bits per heavy atom. The summed E-state index contributed by atoms with van der Waals surface area (Å²) >= 11 is 0. The maximum atomic E-state index is 12.6. The van der Waals surface area contributed by atoms with Crippen LogP contribution in [0.3, 0.4) is 0 Å². The molecule has 6 heteroatoms. The van der Waals surface area contributed by atoms with Gasteiger partial charge in [-0.15, -0.1) is 0 Å². The van der Waals surface area contributed by atoms with Crippen molar-refractivity contribution in [1.29, 1.82) is 0 Å². The summed E-state index contributed by atoms with van der Waals surface area (Å²) in [5.41, 5.74) is 0.531. The molecule has 2 heterocycles. The number of nitrogens with zero attached hydrogens (tertiary/aromatic N) is 1. The summed E-state index contributed by atoms with van der Waals surface area (Å²) < 4.78 is 39.2. The van der Waals surface area contributed by atoms with Crippen LogP contribution in [0.25, 0.3) is 10.9 Å². The van der Waals surface area contributed by atoms with E-state index in [1.807, 2.05) is 0 Å². The Labute approximate surface area is 100 Å². The Morgan fingerprint density at radius 2 is 1.94 bits per heavy atom. The third-order valence-electron chi connectivity index (χ3n) is 3.04. The number of nitrogens with one attached hydrogen (secondary N) is 1. The summed E-state index contributed by atoms with van der Waals surface area (Å²) in [6.45, 7) is 0.694. The summed E-state index contributed by atoms with van der Waals surface area (Å²) in [6.07, 6.45) is -4.36. The van der Waals surface area contributed by atoms with Crippen molar-refractivity contribution >= 4 is 16.8 Å². The topological polar surface area (TPSA) is 34.0 Å². The van der Waals surface area contributed by atoms with Gasteiger partial charge >= 0.3 is 6.18 Å². The van der Waals surface area contributed by atoms with Gasteiger partial charge in [-0.05, 0) is 24.3 Å². The van der Waals surface area contributed by atoms with E-state index in [1.165, 1.54) is 10.6 Å².